The molecule has 1 unspecified atom stereocenters. The number of hydrogen-bond donors (Lipinski definition) is 0. The van der Waals surface area contributed by atoms with Gasteiger partial charge in [-0.15, -0.1) is 0 Å². The lowest BCUT2D eigenvalue weighted by Crippen LogP contribution is -2.31. The van der Waals surface area contributed by atoms with Crippen LogP contribution in [-0.4, -0.2) is 31.0 Å². The second-order valence-corrected chi connectivity index (χ2v) is 6.49. The van der Waals surface area contributed by atoms with E-state index in [0.717, 1.165) is 34.5 Å². The Kier molecular flexibility index (Phi) is 5.61. The van der Waals surface area contributed by atoms with Crippen LogP contribution in [0.5, 0.6) is 0 Å². The first kappa shape index (κ1) is 18.1. The molecule has 0 aromatic heterocycles. The van der Waals surface area contributed by atoms with E-state index in [1.54, 1.807) is 6.21 Å². The van der Waals surface area contributed by atoms with Crippen molar-refractivity contribution in [1.82, 2.24) is 0 Å². The minimum absolute atomic E-state index is 0.292. The second kappa shape index (κ2) is 8.09. The van der Waals surface area contributed by atoms with E-state index in [2.05, 4.69) is 29.3 Å². The molecule has 1 aliphatic rings. The van der Waals surface area contributed by atoms with Gasteiger partial charge in [-0.3, -0.25) is 14.8 Å². The third kappa shape index (κ3) is 3.90. The number of hydrogen-bond acceptors (Lipinski definition) is 4. The van der Waals surface area contributed by atoms with E-state index < -0.39 is 5.92 Å². The van der Waals surface area contributed by atoms with Crippen LogP contribution in [0.25, 0.3) is 0 Å². The van der Waals surface area contributed by atoms with Crippen LogP contribution in [-0.2, 0) is 16.0 Å². The van der Waals surface area contributed by atoms with E-state index >= 15 is 0 Å². The van der Waals surface area contributed by atoms with Crippen molar-refractivity contribution in [2.75, 3.05) is 13.2 Å². The third-order valence-electron chi connectivity index (χ3n) is 4.43. The molecule has 134 valence electrons. The van der Waals surface area contributed by atoms with E-state index in [1.165, 1.54) is 5.56 Å². The Morgan fingerprint density at radius 1 is 1.19 bits per heavy atom. The molecule has 0 aliphatic carbocycles. The summed E-state index contributed by atoms with van der Waals surface area (Å²) in [4.78, 5) is 21.8. The first-order valence-electron chi connectivity index (χ1n) is 9.01. The number of fused-ring (bicyclic) bond motifs is 1. The molecule has 0 radical (unpaired) electrons. The topological polar surface area (TPSA) is 51.0 Å². The van der Waals surface area contributed by atoms with Gasteiger partial charge in [0.1, 0.15) is 5.92 Å². The first-order chi connectivity index (χ1) is 12.6. The summed E-state index contributed by atoms with van der Waals surface area (Å²) in [6.45, 7) is 6.87. The molecular weight excluding hydrogens is 324 g/mol. The summed E-state index contributed by atoms with van der Waals surface area (Å²) in [7, 11) is 0. The Balaban J connectivity index is 1.94. The number of benzene rings is 2. The molecule has 0 fully saturated rings. The number of ether oxygens (including phenoxy) is 1. The number of aryl methyl sites for hydroxylation is 2. The molecule has 4 heteroatoms. The number of aliphatic imine (C=N–C) groups is 2. The fourth-order valence-corrected chi connectivity index (χ4v) is 3.25. The maximum Gasteiger partial charge on any atom is 0.320 e. The van der Waals surface area contributed by atoms with Gasteiger partial charge in [-0.05, 0) is 44.4 Å². The van der Waals surface area contributed by atoms with E-state index in [1.807, 2.05) is 39.0 Å². The quantitative estimate of drug-likeness (QED) is 0.759. The van der Waals surface area contributed by atoms with E-state index in [0.29, 0.717) is 13.2 Å². The highest BCUT2D eigenvalue weighted by Gasteiger charge is 2.30. The van der Waals surface area contributed by atoms with E-state index in [4.69, 9.17) is 9.73 Å². The minimum atomic E-state index is -0.542. The first-order valence-corrected chi connectivity index (χ1v) is 9.01. The molecule has 0 bridgehead atoms. The fraction of sp³-hybridized carbons (Fsp3) is 0.318. The maximum atomic E-state index is 12.4. The average Bonchev–Trinajstić information content (AvgIpc) is 2.63. The molecule has 0 spiro atoms. The Labute approximate surface area is 154 Å². The molecule has 3 rings (SSSR count). The van der Waals surface area contributed by atoms with Crippen molar-refractivity contribution in [1.29, 1.82) is 0 Å². The maximum absolute atomic E-state index is 12.4. The molecule has 4 nitrogen and oxygen atoms in total. The standard InChI is InChI=1S/C22H24N2O2/c1-4-26-22(25)19-14-24-20-16(3)12-15(2)13-18(20)21(19)23-11-10-17-8-6-5-7-9-17/h5-9,12-14,19H,4,10-11H2,1-3H3. The molecule has 1 aliphatic heterocycles. The van der Waals surface area contributed by atoms with Crippen molar-refractivity contribution in [2.24, 2.45) is 15.9 Å². The Morgan fingerprint density at radius 2 is 1.96 bits per heavy atom. The largest absolute Gasteiger partial charge is 0.465 e. The van der Waals surface area contributed by atoms with Crippen LogP contribution in [0.1, 0.15) is 29.2 Å². The predicted octanol–water partition coefficient (Wildman–Crippen LogP) is 4.23. The summed E-state index contributed by atoms with van der Waals surface area (Å²) < 4.78 is 5.24. The van der Waals surface area contributed by atoms with Crippen molar-refractivity contribution in [3.8, 4) is 0 Å². The van der Waals surface area contributed by atoms with Gasteiger partial charge in [0.2, 0.25) is 0 Å². The second-order valence-electron chi connectivity index (χ2n) is 6.49. The Morgan fingerprint density at radius 3 is 2.69 bits per heavy atom. The highest BCUT2D eigenvalue weighted by atomic mass is 16.5. The third-order valence-corrected chi connectivity index (χ3v) is 4.43. The molecule has 1 atom stereocenters. The van der Waals surface area contributed by atoms with Crippen molar-refractivity contribution in [3.05, 3.63) is 64.7 Å². The molecular formula is C22H24N2O2. The average molecular weight is 348 g/mol. The van der Waals surface area contributed by atoms with Crippen LogP contribution in [0.3, 0.4) is 0 Å². The molecule has 2 aromatic rings. The monoisotopic (exact) mass is 348 g/mol. The summed E-state index contributed by atoms with van der Waals surface area (Å²) >= 11 is 0. The summed E-state index contributed by atoms with van der Waals surface area (Å²) in [5, 5.41) is 0. The van der Waals surface area contributed by atoms with Crippen LogP contribution in [0.15, 0.2) is 52.4 Å². The van der Waals surface area contributed by atoms with Crippen molar-refractivity contribution in [3.63, 3.8) is 0 Å². The van der Waals surface area contributed by atoms with Gasteiger partial charge in [0, 0.05) is 18.3 Å². The highest BCUT2D eigenvalue weighted by molar-refractivity contribution is 6.25. The zero-order valence-corrected chi connectivity index (χ0v) is 15.5. The number of rotatable bonds is 5. The fourth-order valence-electron chi connectivity index (χ4n) is 3.25. The molecule has 26 heavy (non-hydrogen) atoms. The number of carbonyl (C=O) groups is 1. The number of nitrogens with zero attached hydrogens (tertiary/aromatic N) is 2. The van der Waals surface area contributed by atoms with Gasteiger partial charge in [0.25, 0.3) is 0 Å². The lowest BCUT2D eigenvalue weighted by Gasteiger charge is -2.22. The summed E-state index contributed by atoms with van der Waals surface area (Å²) in [6, 6.07) is 14.4. The van der Waals surface area contributed by atoms with Crippen LogP contribution < -0.4 is 0 Å². The lowest BCUT2D eigenvalue weighted by atomic mass is 9.90. The van der Waals surface area contributed by atoms with Gasteiger partial charge in [-0.1, -0.05) is 42.0 Å². The normalized spacial score (nSPS) is 17.2. The van der Waals surface area contributed by atoms with E-state index in [-0.39, 0.29) is 5.97 Å². The molecule has 0 N–H and O–H groups in total. The van der Waals surface area contributed by atoms with Crippen molar-refractivity contribution < 1.29 is 9.53 Å². The zero-order chi connectivity index (χ0) is 18.5. The zero-order valence-electron chi connectivity index (χ0n) is 15.5. The van der Waals surface area contributed by atoms with Crippen LogP contribution in [0.2, 0.25) is 0 Å². The van der Waals surface area contributed by atoms with Gasteiger partial charge >= 0.3 is 5.97 Å². The SMILES string of the molecule is CCOC(=O)C1C=Nc2c(C)cc(C)cc2C1=NCCc1ccccc1. The molecule has 0 saturated heterocycles. The van der Waals surface area contributed by atoms with Gasteiger partial charge < -0.3 is 4.74 Å². The van der Waals surface area contributed by atoms with Gasteiger partial charge in [0.05, 0.1) is 18.0 Å². The van der Waals surface area contributed by atoms with Gasteiger partial charge in [-0.25, -0.2) is 0 Å². The molecule has 2 aromatic carbocycles. The lowest BCUT2D eigenvalue weighted by molar-refractivity contribution is -0.143. The minimum Gasteiger partial charge on any atom is -0.465 e. The van der Waals surface area contributed by atoms with Gasteiger partial charge in [0.15, 0.2) is 0 Å². The van der Waals surface area contributed by atoms with Crippen molar-refractivity contribution >= 4 is 23.6 Å². The summed E-state index contributed by atoms with van der Waals surface area (Å²) in [5.74, 6) is -0.834. The summed E-state index contributed by atoms with van der Waals surface area (Å²) in [6.07, 6.45) is 2.50. The predicted molar refractivity (Wildman–Crippen MR) is 106 cm³/mol. The van der Waals surface area contributed by atoms with Crippen LogP contribution in [0, 0.1) is 19.8 Å². The van der Waals surface area contributed by atoms with Crippen LogP contribution >= 0.6 is 0 Å². The number of esters is 1. The Bertz CT molecular complexity index is 854. The number of carbonyl (C=O) groups excluding carboxylic acids is 1. The van der Waals surface area contributed by atoms with Gasteiger partial charge in [-0.2, -0.15) is 0 Å². The summed E-state index contributed by atoms with van der Waals surface area (Å²) in [5.41, 5.74) is 6.06. The Hall–Kier alpha value is -2.75. The smallest absolute Gasteiger partial charge is 0.320 e. The van der Waals surface area contributed by atoms with Crippen molar-refractivity contribution in [2.45, 2.75) is 27.2 Å². The van der Waals surface area contributed by atoms with E-state index in [9.17, 15) is 4.79 Å². The highest BCUT2D eigenvalue weighted by Crippen LogP contribution is 2.32. The molecule has 0 saturated carbocycles. The molecule has 1 heterocycles. The molecule has 0 amide bonds. The van der Waals surface area contributed by atoms with Crippen LogP contribution in [0.4, 0.5) is 5.69 Å².